The van der Waals surface area contributed by atoms with E-state index in [2.05, 4.69) is 10.6 Å². The van der Waals surface area contributed by atoms with Gasteiger partial charge in [-0.25, -0.2) is 4.79 Å². The van der Waals surface area contributed by atoms with Crippen LogP contribution in [0.1, 0.15) is 20.7 Å². The molecule has 7 nitrogen and oxygen atoms in total. The summed E-state index contributed by atoms with van der Waals surface area (Å²) >= 11 is 25.3. The number of methoxy groups -OCH3 is 1. The lowest BCUT2D eigenvalue weighted by molar-refractivity contribution is -0.113. The first kappa shape index (κ1) is 27.0. The number of amides is 2. The summed E-state index contributed by atoms with van der Waals surface area (Å²) in [5.74, 6) is -1.96. The minimum absolute atomic E-state index is 0.0901. The summed E-state index contributed by atoms with van der Waals surface area (Å²) in [5, 5.41) is 13.6. The first-order valence-electron chi connectivity index (χ1n) is 9.70. The second kappa shape index (κ2) is 11.9. The molecule has 3 aromatic rings. The Hall–Kier alpha value is -2.62. The highest BCUT2D eigenvalue weighted by atomic mass is 35.5. The zero-order valence-electron chi connectivity index (χ0n) is 17.8. The number of benzene rings is 3. The molecule has 0 saturated heterocycles. The number of aromatic carboxylic acids is 1. The smallest absolute Gasteiger partial charge is 0.338 e. The fourth-order valence-electron chi connectivity index (χ4n) is 2.99. The Bertz CT molecular complexity index is 1320. The molecule has 0 radical (unpaired) electrons. The predicted octanol–water partition coefficient (Wildman–Crippen LogP) is 6.99. The van der Waals surface area contributed by atoms with Gasteiger partial charge in [-0.3, -0.25) is 9.59 Å². The highest BCUT2D eigenvalue weighted by Gasteiger charge is 2.29. The van der Waals surface area contributed by atoms with E-state index in [0.29, 0.717) is 22.0 Å². The van der Waals surface area contributed by atoms with Crippen LogP contribution in [0.2, 0.25) is 20.1 Å². The van der Waals surface area contributed by atoms with Crippen molar-refractivity contribution in [2.45, 2.75) is 4.90 Å². The van der Waals surface area contributed by atoms with E-state index in [1.54, 1.807) is 48.5 Å². The molecule has 0 fully saturated rings. The Labute approximate surface area is 224 Å². The van der Waals surface area contributed by atoms with E-state index in [0.717, 1.165) is 0 Å². The number of thioether (sulfide) groups is 1. The normalized spacial score (nSPS) is 10.5. The van der Waals surface area contributed by atoms with Crippen LogP contribution >= 0.6 is 58.2 Å². The maximum absolute atomic E-state index is 12.9. The quantitative estimate of drug-likeness (QED) is 0.152. The second-order valence-electron chi connectivity index (χ2n) is 6.83. The number of carbonyl (C=O) groups is 3. The van der Waals surface area contributed by atoms with Crippen LogP contribution in [-0.4, -0.2) is 35.8 Å². The largest absolute Gasteiger partial charge is 0.495 e. The van der Waals surface area contributed by atoms with Crippen molar-refractivity contribution in [2.75, 3.05) is 23.5 Å². The number of hydrogen-bond acceptors (Lipinski definition) is 5. The average molecular weight is 574 g/mol. The van der Waals surface area contributed by atoms with Crippen molar-refractivity contribution in [1.82, 2.24) is 0 Å². The number of nitrogens with one attached hydrogen (secondary N) is 2. The number of carbonyl (C=O) groups excluding carboxylic acids is 2. The highest BCUT2D eigenvalue weighted by molar-refractivity contribution is 8.00. The van der Waals surface area contributed by atoms with Crippen LogP contribution in [0.5, 0.6) is 5.75 Å². The van der Waals surface area contributed by atoms with E-state index in [1.165, 1.54) is 18.9 Å². The molecule has 0 atom stereocenters. The van der Waals surface area contributed by atoms with E-state index in [1.807, 2.05) is 0 Å². The zero-order valence-corrected chi connectivity index (χ0v) is 21.7. The summed E-state index contributed by atoms with van der Waals surface area (Å²) < 4.78 is 5.22. The molecule has 0 bridgehead atoms. The molecule has 35 heavy (non-hydrogen) atoms. The Morgan fingerprint density at radius 1 is 0.886 bits per heavy atom. The molecule has 12 heteroatoms. The lowest BCUT2D eigenvalue weighted by Crippen LogP contribution is -2.18. The summed E-state index contributed by atoms with van der Waals surface area (Å²) in [6.07, 6.45) is 0. The van der Waals surface area contributed by atoms with E-state index >= 15 is 0 Å². The molecule has 2 amide bonds. The van der Waals surface area contributed by atoms with Gasteiger partial charge >= 0.3 is 5.97 Å². The van der Waals surface area contributed by atoms with Crippen molar-refractivity contribution >= 4 is 87.3 Å². The molecule has 0 saturated carbocycles. The van der Waals surface area contributed by atoms with Crippen LogP contribution in [0.25, 0.3) is 0 Å². The van der Waals surface area contributed by atoms with Crippen molar-refractivity contribution in [2.24, 2.45) is 0 Å². The van der Waals surface area contributed by atoms with Crippen LogP contribution in [0.15, 0.2) is 53.4 Å². The standard InChI is InChI=1S/C23H16Cl4N2O5S/c1-34-14-8-3-2-7-13(14)29-15(30)10-35-12-6-4-5-11(9-12)28-22(31)16-17(23(32)33)19(25)21(27)20(26)18(16)24/h2-9H,10H2,1H3,(H,28,31)(H,29,30)(H,32,33). The number of rotatable bonds is 8. The Kier molecular flexibility index (Phi) is 9.15. The monoisotopic (exact) mass is 572 g/mol. The topological polar surface area (TPSA) is 105 Å². The van der Waals surface area contributed by atoms with Gasteiger partial charge in [-0.1, -0.05) is 64.6 Å². The van der Waals surface area contributed by atoms with Gasteiger partial charge in [0, 0.05) is 10.6 Å². The number of halogens is 4. The van der Waals surface area contributed by atoms with Gasteiger partial charge in [0.05, 0.1) is 49.8 Å². The maximum Gasteiger partial charge on any atom is 0.338 e. The van der Waals surface area contributed by atoms with Crippen molar-refractivity contribution in [3.63, 3.8) is 0 Å². The molecule has 0 spiro atoms. The second-order valence-corrected chi connectivity index (χ2v) is 9.39. The number of carboxylic acids is 1. The molecule has 3 aromatic carbocycles. The van der Waals surface area contributed by atoms with Crippen molar-refractivity contribution in [3.8, 4) is 5.75 Å². The molecule has 0 aliphatic carbocycles. The summed E-state index contributed by atoms with van der Waals surface area (Å²) in [5.41, 5.74) is -0.109. The zero-order chi connectivity index (χ0) is 25.7. The van der Waals surface area contributed by atoms with Gasteiger partial charge in [0.1, 0.15) is 5.75 Å². The minimum Gasteiger partial charge on any atom is -0.495 e. The van der Waals surface area contributed by atoms with Gasteiger partial charge < -0.3 is 20.5 Å². The van der Waals surface area contributed by atoms with Crippen LogP contribution in [0.3, 0.4) is 0 Å². The fourth-order valence-corrected chi connectivity index (χ4v) is 4.76. The molecule has 0 aromatic heterocycles. The summed E-state index contributed by atoms with van der Waals surface area (Å²) in [7, 11) is 1.51. The number of carboxylic acid groups (broad SMARTS) is 1. The van der Waals surface area contributed by atoms with Crippen molar-refractivity contribution in [3.05, 3.63) is 79.7 Å². The van der Waals surface area contributed by atoms with Gasteiger partial charge in [0.2, 0.25) is 5.91 Å². The third-order valence-corrected chi connectivity index (χ3v) is 7.35. The Morgan fingerprint density at radius 3 is 2.20 bits per heavy atom. The fraction of sp³-hybridized carbons (Fsp3) is 0.0870. The van der Waals surface area contributed by atoms with E-state index in [-0.39, 0.29) is 26.7 Å². The van der Waals surface area contributed by atoms with Gasteiger partial charge in [-0.2, -0.15) is 0 Å². The molecule has 0 heterocycles. The molecule has 0 aliphatic rings. The van der Waals surface area contributed by atoms with Gasteiger partial charge in [0.25, 0.3) is 5.91 Å². The molecule has 182 valence electrons. The minimum atomic E-state index is -1.49. The first-order chi connectivity index (χ1) is 16.6. The lowest BCUT2D eigenvalue weighted by Gasteiger charge is -2.14. The molecule has 3 N–H and O–H groups in total. The third kappa shape index (κ3) is 6.34. The van der Waals surface area contributed by atoms with Crippen LogP contribution < -0.4 is 15.4 Å². The SMILES string of the molecule is COc1ccccc1NC(=O)CSc1cccc(NC(=O)c2c(Cl)c(Cl)c(Cl)c(Cl)c2C(=O)O)c1. The Morgan fingerprint density at radius 2 is 1.54 bits per heavy atom. The summed E-state index contributed by atoms with van der Waals surface area (Å²) in [6.45, 7) is 0. The van der Waals surface area contributed by atoms with Crippen molar-refractivity contribution < 1.29 is 24.2 Å². The third-order valence-electron chi connectivity index (χ3n) is 4.55. The van der Waals surface area contributed by atoms with Crippen molar-refractivity contribution in [1.29, 1.82) is 0 Å². The van der Waals surface area contributed by atoms with Crippen LogP contribution in [0, 0.1) is 0 Å². The Balaban J connectivity index is 1.74. The number of para-hydroxylation sites is 2. The van der Waals surface area contributed by atoms with Gasteiger partial charge in [0.15, 0.2) is 0 Å². The van der Waals surface area contributed by atoms with E-state index < -0.39 is 28.0 Å². The van der Waals surface area contributed by atoms with Crippen LogP contribution in [0.4, 0.5) is 11.4 Å². The van der Waals surface area contributed by atoms with Gasteiger partial charge in [-0.05, 0) is 30.3 Å². The molecule has 0 aliphatic heterocycles. The van der Waals surface area contributed by atoms with Crippen LogP contribution in [-0.2, 0) is 4.79 Å². The number of anilines is 2. The van der Waals surface area contributed by atoms with E-state index in [9.17, 15) is 19.5 Å². The molecule has 3 rings (SSSR count). The molecular formula is C23H16Cl4N2O5S. The first-order valence-corrected chi connectivity index (χ1v) is 12.2. The molecular weight excluding hydrogens is 558 g/mol. The molecule has 0 unspecified atom stereocenters. The number of ether oxygens (including phenoxy) is 1. The van der Waals surface area contributed by atoms with E-state index in [4.69, 9.17) is 51.1 Å². The number of hydrogen-bond donors (Lipinski definition) is 3. The van der Waals surface area contributed by atoms with Gasteiger partial charge in [-0.15, -0.1) is 11.8 Å². The maximum atomic E-state index is 12.9. The highest BCUT2D eigenvalue weighted by Crippen LogP contribution is 2.42. The lowest BCUT2D eigenvalue weighted by atomic mass is 10.1. The summed E-state index contributed by atoms with van der Waals surface area (Å²) in [6, 6.07) is 13.7. The summed E-state index contributed by atoms with van der Waals surface area (Å²) in [4.78, 5) is 37.7. The predicted molar refractivity (Wildman–Crippen MR) is 140 cm³/mol. The average Bonchev–Trinajstić information content (AvgIpc) is 2.83.